The summed E-state index contributed by atoms with van der Waals surface area (Å²) in [6.07, 6.45) is 8.56. The van der Waals surface area contributed by atoms with Gasteiger partial charge >= 0.3 is 0 Å². The van der Waals surface area contributed by atoms with E-state index in [0.717, 1.165) is 29.7 Å². The van der Waals surface area contributed by atoms with E-state index in [4.69, 9.17) is 4.98 Å². The second-order valence-electron chi connectivity index (χ2n) is 18.4. The summed E-state index contributed by atoms with van der Waals surface area (Å²) in [6.45, 7) is 4.72. The van der Waals surface area contributed by atoms with E-state index in [0.29, 0.717) is 0 Å². The topological polar surface area (TPSA) is 17.8 Å². The summed E-state index contributed by atoms with van der Waals surface area (Å²) in [5.41, 5.74) is 18.3. The van der Waals surface area contributed by atoms with Gasteiger partial charge in [-0.1, -0.05) is 202 Å². The lowest BCUT2D eigenvalue weighted by molar-refractivity contribution is 0.490. The number of benzene rings is 10. The third kappa shape index (κ3) is 6.07. The number of nitrogens with zero attached hydrogens (tertiary/aromatic N) is 2. The van der Waals surface area contributed by atoms with Crippen LogP contribution < -0.4 is 0 Å². The summed E-state index contributed by atoms with van der Waals surface area (Å²) in [7, 11) is 0. The number of aromatic nitrogens is 2. The SMILES string of the molecule is CCC1(CC)c2cc(/C=C/c3ccc(-c4cc(-c5ccccc5)c5c6ccccc6c6ccccc6c5c4-c4ccccc4)nc3)ccc2-c2ccc(-n3c4ccccc4c4ccccc43)cc21. The average Bonchev–Trinajstić information content (AvgIpc) is 3.89. The van der Waals surface area contributed by atoms with Gasteiger partial charge in [0.15, 0.2) is 0 Å². The molecule has 10 aromatic carbocycles. The van der Waals surface area contributed by atoms with Gasteiger partial charge in [0.1, 0.15) is 0 Å². The minimum atomic E-state index is -0.0843. The summed E-state index contributed by atoms with van der Waals surface area (Å²) in [6, 6.07) is 78.2. The van der Waals surface area contributed by atoms with Crippen LogP contribution >= 0.6 is 0 Å². The Morgan fingerprint density at radius 1 is 0.412 bits per heavy atom. The van der Waals surface area contributed by atoms with E-state index in [9.17, 15) is 0 Å². The zero-order valence-electron chi connectivity index (χ0n) is 38.2. The van der Waals surface area contributed by atoms with Crippen molar-refractivity contribution in [1.29, 1.82) is 0 Å². The summed E-state index contributed by atoms with van der Waals surface area (Å²) in [5.74, 6) is 0. The van der Waals surface area contributed by atoms with Crippen LogP contribution in [0.4, 0.5) is 0 Å². The van der Waals surface area contributed by atoms with Gasteiger partial charge in [-0.2, -0.15) is 0 Å². The van der Waals surface area contributed by atoms with Crippen LogP contribution in [0.25, 0.3) is 117 Å². The van der Waals surface area contributed by atoms with Gasteiger partial charge in [-0.15, -0.1) is 0 Å². The third-order valence-corrected chi connectivity index (χ3v) is 15.1. The monoisotopic (exact) mass is 868 g/mol. The van der Waals surface area contributed by atoms with Crippen LogP contribution in [0.2, 0.25) is 0 Å². The first-order chi connectivity index (χ1) is 33.6. The number of rotatable bonds is 8. The smallest absolute Gasteiger partial charge is 0.0709 e. The van der Waals surface area contributed by atoms with Crippen molar-refractivity contribution >= 4 is 66.3 Å². The Hall–Kier alpha value is -8.33. The molecule has 0 bridgehead atoms. The molecule has 0 atom stereocenters. The van der Waals surface area contributed by atoms with E-state index in [-0.39, 0.29) is 5.41 Å². The van der Waals surface area contributed by atoms with Crippen molar-refractivity contribution in [2.24, 2.45) is 0 Å². The molecule has 12 aromatic rings. The summed E-state index contributed by atoms with van der Waals surface area (Å²) >= 11 is 0. The maximum absolute atomic E-state index is 5.28. The molecule has 0 radical (unpaired) electrons. The van der Waals surface area contributed by atoms with Gasteiger partial charge in [0, 0.05) is 33.6 Å². The number of hydrogen-bond acceptors (Lipinski definition) is 1. The van der Waals surface area contributed by atoms with Crippen molar-refractivity contribution in [3.8, 4) is 50.3 Å². The molecule has 0 spiro atoms. The highest BCUT2D eigenvalue weighted by Gasteiger charge is 2.41. The minimum absolute atomic E-state index is 0.0843. The van der Waals surface area contributed by atoms with Gasteiger partial charge in [0.2, 0.25) is 0 Å². The minimum Gasteiger partial charge on any atom is -0.309 e. The second-order valence-corrected chi connectivity index (χ2v) is 18.4. The van der Waals surface area contributed by atoms with Crippen LogP contribution in [-0.4, -0.2) is 9.55 Å². The van der Waals surface area contributed by atoms with Crippen molar-refractivity contribution in [3.63, 3.8) is 0 Å². The molecule has 0 N–H and O–H groups in total. The van der Waals surface area contributed by atoms with Gasteiger partial charge in [-0.05, 0) is 137 Å². The first-order valence-corrected chi connectivity index (χ1v) is 24.1. The molecule has 0 aliphatic heterocycles. The Labute approximate surface area is 397 Å². The average molecular weight is 869 g/mol. The third-order valence-electron chi connectivity index (χ3n) is 15.1. The van der Waals surface area contributed by atoms with E-state index < -0.39 is 0 Å². The van der Waals surface area contributed by atoms with Crippen LogP contribution in [0.3, 0.4) is 0 Å². The van der Waals surface area contributed by atoms with Gasteiger partial charge < -0.3 is 4.57 Å². The largest absolute Gasteiger partial charge is 0.309 e. The number of para-hydroxylation sites is 2. The van der Waals surface area contributed by atoms with E-state index >= 15 is 0 Å². The lowest BCUT2D eigenvalue weighted by Crippen LogP contribution is -2.23. The fraction of sp³-hybridized carbons (Fsp3) is 0.0758. The van der Waals surface area contributed by atoms with E-state index in [1.807, 2.05) is 6.20 Å². The molecule has 2 aromatic heterocycles. The van der Waals surface area contributed by atoms with Crippen LogP contribution in [0.5, 0.6) is 0 Å². The molecule has 0 unspecified atom stereocenters. The molecule has 1 aliphatic rings. The lowest BCUT2D eigenvalue weighted by atomic mass is 9.73. The Kier molecular flexibility index (Phi) is 9.37. The predicted octanol–water partition coefficient (Wildman–Crippen LogP) is 17.9. The van der Waals surface area contributed by atoms with Gasteiger partial charge in [0.25, 0.3) is 0 Å². The zero-order valence-corrected chi connectivity index (χ0v) is 38.2. The quantitative estimate of drug-likeness (QED) is 0.139. The molecule has 0 fully saturated rings. The maximum atomic E-state index is 5.28. The normalized spacial score (nSPS) is 13.0. The van der Waals surface area contributed by atoms with E-state index in [1.54, 1.807) is 0 Å². The zero-order chi connectivity index (χ0) is 45.3. The molecule has 2 nitrogen and oxygen atoms in total. The molecule has 0 saturated carbocycles. The molecule has 322 valence electrons. The highest BCUT2D eigenvalue weighted by molar-refractivity contribution is 6.33. The van der Waals surface area contributed by atoms with Gasteiger partial charge in [0.05, 0.1) is 16.7 Å². The lowest BCUT2D eigenvalue weighted by Gasteiger charge is -2.30. The Balaban J connectivity index is 0.904. The van der Waals surface area contributed by atoms with Gasteiger partial charge in [-0.3, -0.25) is 4.98 Å². The van der Waals surface area contributed by atoms with Crippen LogP contribution in [0, 0.1) is 0 Å². The van der Waals surface area contributed by atoms with Crippen molar-refractivity contribution in [3.05, 3.63) is 241 Å². The predicted molar refractivity (Wildman–Crippen MR) is 290 cm³/mol. The fourth-order valence-electron chi connectivity index (χ4n) is 11.9. The molecule has 1 aliphatic carbocycles. The molecule has 0 amide bonds. The van der Waals surface area contributed by atoms with Crippen LogP contribution in [-0.2, 0) is 5.41 Å². The Bertz CT molecular complexity index is 3910. The first kappa shape index (κ1) is 40.0. The number of pyridine rings is 1. The molecule has 13 rings (SSSR count). The van der Waals surface area contributed by atoms with Crippen molar-refractivity contribution in [1.82, 2.24) is 9.55 Å². The van der Waals surface area contributed by atoms with Crippen LogP contribution in [0.15, 0.2) is 219 Å². The molecule has 2 heterocycles. The second kappa shape index (κ2) is 15.9. The Morgan fingerprint density at radius 3 is 1.54 bits per heavy atom. The van der Waals surface area contributed by atoms with E-state index in [2.05, 4.69) is 243 Å². The van der Waals surface area contributed by atoms with Crippen molar-refractivity contribution in [2.45, 2.75) is 32.1 Å². The first-order valence-electron chi connectivity index (χ1n) is 24.1. The highest BCUT2D eigenvalue weighted by atomic mass is 15.0. The molecule has 2 heteroatoms. The number of fused-ring (bicyclic) bond motifs is 12. The standard InChI is InChI=1S/C66H48N2/c1-3-66(4-2)58-39-43(33-36-50(58)51-37-35-47(40-59(51)66)68-61-29-17-15-25-52(61)53-26-16-18-30-62(53)68)31-32-44-34-38-60(67-42-44)57-41-56(45-19-7-5-8-20-45)64-54-27-13-11-23-48(54)49-24-12-14-28-55(49)65(64)63(57)46-21-9-6-10-22-46/h5-42H,3-4H2,1-2H3/b32-31+. The van der Waals surface area contributed by atoms with Crippen molar-refractivity contribution in [2.75, 3.05) is 0 Å². The van der Waals surface area contributed by atoms with Crippen LogP contribution in [0.1, 0.15) is 48.9 Å². The number of hydrogen-bond donors (Lipinski definition) is 0. The molecular weight excluding hydrogens is 821 g/mol. The summed E-state index contributed by atoms with van der Waals surface area (Å²) < 4.78 is 2.45. The molecule has 68 heavy (non-hydrogen) atoms. The van der Waals surface area contributed by atoms with Crippen molar-refractivity contribution < 1.29 is 0 Å². The summed E-state index contributed by atoms with van der Waals surface area (Å²) in [4.78, 5) is 5.28. The maximum Gasteiger partial charge on any atom is 0.0709 e. The fourth-order valence-corrected chi connectivity index (χ4v) is 11.9. The molecular formula is C66H48N2. The molecule has 0 saturated heterocycles. The summed E-state index contributed by atoms with van der Waals surface area (Å²) in [5, 5.41) is 10.1. The van der Waals surface area contributed by atoms with Gasteiger partial charge in [-0.25, -0.2) is 0 Å². The Morgan fingerprint density at radius 2 is 0.926 bits per heavy atom. The van der Waals surface area contributed by atoms with E-state index in [1.165, 1.54) is 110 Å². The highest BCUT2D eigenvalue weighted by Crippen LogP contribution is 2.54.